The summed E-state index contributed by atoms with van der Waals surface area (Å²) in [4.78, 5) is 12.5. The second kappa shape index (κ2) is 8.89. The predicted molar refractivity (Wildman–Crippen MR) is 97.2 cm³/mol. The number of nitrogens with zero attached hydrogens (tertiary/aromatic N) is 4. The standard InChI is InChI=1S/C20H22N4O2/c1-2-13-24-19(21-22-23-24)15-26-20(25)14-18(16-9-5-3-6-10-16)17-11-7-4-8-12-17/h3-12,18H,2,13-15H2,1H3. The fourth-order valence-electron chi connectivity index (χ4n) is 2.88. The van der Waals surface area contributed by atoms with Gasteiger partial charge in [0, 0.05) is 12.5 Å². The Balaban J connectivity index is 1.69. The van der Waals surface area contributed by atoms with Gasteiger partial charge in [-0.15, -0.1) is 5.10 Å². The van der Waals surface area contributed by atoms with Crippen LogP contribution in [0.1, 0.15) is 42.6 Å². The lowest BCUT2D eigenvalue weighted by Crippen LogP contribution is -2.14. The first-order chi connectivity index (χ1) is 12.8. The van der Waals surface area contributed by atoms with Crippen molar-refractivity contribution in [3.05, 3.63) is 77.6 Å². The molecule has 0 aliphatic rings. The quantitative estimate of drug-likeness (QED) is 0.583. The van der Waals surface area contributed by atoms with E-state index in [0.29, 0.717) is 12.4 Å². The number of ether oxygens (including phenoxy) is 1. The topological polar surface area (TPSA) is 69.9 Å². The van der Waals surface area contributed by atoms with Gasteiger partial charge < -0.3 is 4.74 Å². The lowest BCUT2D eigenvalue weighted by Gasteiger charge is -2.17. The molecule has 0 aliphatic carbocycles. The summed E-state index contributed by atoms with van der Waals surface area (Å²) in [6.07, 6.45) is 1.18. The normalized spacial score (nSPS) is 10.8. The van der Waals surface area contributed by atoms with E-state index in [9.17, 15) is 4.79 Å². The molecule has 0 radical (unpaired) electrons. The summed E-state index contributed by atoms with van der Waals surface area (Å²) in [6, 6.07) is 20.0. The van der Waals surface area contributed by atoms with Gasteiger partial charge in [0.05, 0.1) is 6.42 Å². The van der Waals surface area contributed by atoms with Crippen molar-refractivity contribution in [2.24, 2.45) is 0 Å². The van der Waals surface area contributed by atoms with Crippen LogP contribution in [0, 0.1) is 0 Å². The van der Waals surface area contributed by atoms with E-state index in [1.54, 1.807) is 4.68 Å². The third-order valence-electron chi connectivity index (χ3n) is 4.18. The summed E-state index contributed by atoms with van der Waals surface area (Å²) in [5, 5.41) is 11.5. The average molecular weight is 350 g/mol. The molecule has 134 valence electrons. The van der Waals surface area contributed by atoms with Gasteiger partial charge >= 0.3 is 5.97 Å². The van der Waals surface area contributed by atoms with E-state index in [-0.39, 0.29) is 24.9 Å². The van der Waals surface area contributed by atoms with Crippen molar-refractivity contribution in [1.29, 1.82) is 0 Å². The largest absolute Gasteiger partial charge is 0.457 e. The van der Waals surface area contributed by atoms with Crippen LogP contribution in [0.5, 0.6) is 0 Å². The molecule has 0 spiro atoms. The first-order valence-electron chi connectivity index (χ1n) is 8.78. The number of aromatic nitrogens is 4. The van der Waals surface area contributed by atoms with E-state index in [2.05, 4.69) is 15.5 Å². The van der Waals surface area contributed by atoms with E-state index >= 15 is 0 Å². The number of carbonyl (C=O) groups is 1. The molecule has 0 aliphatic heterocycles. The molecule has 0 fully saturated rings. The van der Waals surface area contributed by atoms with Crippen molar-refractivity contribution < 1.29 is 9.53 Å². The lowest BCUT2D eigenvalue weighted by molar-refractivity contribution is -0.145. The second-order valence-electron chi connectivity index (χ2n) is 6.06. The first-order valence-corrected chi connectivity index (χ1v) is 8.78. The fourth-order valence-corrected chi connectivity index (χ4v) is 2.88. The third-order valence-corrected chi connectivity index (χ3v) is 4.18. The molecule has 26 heavy (non-hydrogen) atoms. The Morgan fingerprint density at radius 2 is 1.65 bits per heavy atom. The van der Waals surface area contributed by atoms with Crippen LogP contribution in [-0.4, -0.2) is 26.2 Å². The minimum atomic E-state index is -0.270. The minimum Gasteiger partial charge on any atom is -0.457 e. The number of tetrazole rings is 1. The smallest absolute Gasteiger partial charge is 0.307 e. The second-order valence-corrected chi connectivity index (χ2v) is 6.06. The van der Waals surface area contributed by atoms with Crippen molar-refractivity contribution in [1.82, 2.24) is 20.2 Å². The summed E-state index contributed by atoms with van der Waals surface area (Å²) < 4.78 is 7.11. The highest BCUT2D eigenvalue weighted by Gasteiger charge is 2.19. The SMILES string of the molecule is CCCn1nnnc1COC(=O)CC(c1ccccc1)c1ccccc1. The van der Waals surface area contributed by atoms with Gasteiger partial charge in [-0.3, -0.25) is 4.79 Å². The van der Waals surface area contributed by atoms with Crippen molar-refractivity contribution in [2.45, 2.75) is 38.8 Å². The number of carbonyl (C=O) groups excluding carboxylic acids is 1. The highest BCUT2D eigenvalue weighted by Crippen LogP contribution is 2.28. The van der Waals surface area contributed by atoms with Crippen molar-refractivity contribution in [3.8, 4) is 0 Å². The molecule has 0 saturated heterocycles. The average Bonchev–Trinajstić information content (AvgIpc) is 3.13. The maximum Gasteiger partial charge on any atom is 0.307 e. The van der Waals surface area contributed by atoms with Crippen LogP contribution in [-0.2, 0) is 22.7 Å². The molecule has 1 aromatic heterocycles. The molecule has 3 rings (SSSR count). The summed E-state index contributed by atoms with van der Waals surface area (Å²) >= 11 is 0. The van der Waals surface area contributed by atoms with Crippen LogP contribution in [0.3, 0.4) is 0 Å². The van der Waals surface area contributed by atoms with Crippen LogP contribution in [0.15, 0.2) is 60.7 Å². The Morgan fingerprint density at radius 3 is 2.23 bits per heavy atom. The molecule has 6 heteroatoms. The molecule has 0 bridgehead atoms. The predicted octanol–water partition coefficient (Wildman–Crippen LogP) is 3.35. The van der Waals surface area contributed by atoms with Gasteiger partial charge in [0.15, 0.2) is 12.4 Å². The highest BCUT2D eigenvalue weighted by molar-refractivity contribution is 5.71. The number of benzene rings is 2. The van der Waals surface area contributed by atoms with Crippen LogP contribution in [0.25, 0.3) is 0 Å². The molecule has 6 nitrogen and oxygen atoms in total. The zero-order chi connectivity index (χ0) is 18.2. The summed E-state index contributed by atoms with van der Waals surface area (Å²) in [7, 11) is 0. The third kappa shape index (κ3) is 4.53. The zero-order valence-corrected chi connectivity index (χ0v) is 14.8. The van der Waals surface area contributed by atoms with Gasteiger partial charge in [0.1, 0.15) is 0 Å². The van der Waals surface area contributed by atoms with Crippen molar-refractivity contribution >= 4 is 5.97 Å². The Bertz CT molecular complexity index is 779. The van der Waals surface area contributed by atoms with E-state index in [0.717, 1.165) is 17.5 Å². The number of aryl methyl sites for hydroxylation is 1. The van der Waals surface area contributed by atoms with Gasteiger partial charge in [0.2, 0.25) is 0 Å². The van der Waals surface area contributed by atoms with Gasteiger partial charge in [-0.1, -0.05) is 67.6 Å². The molecule has 0 N–H and O–H groups in total. The van der Waals surface area contributed by atoms with E-state index in [4.69, 9.17) is 4.74 Å². The van der Waals surface area contributed by atoms with E-state index in [1.807, 2.05) is 67.6 Å². The summed E-state index contributed by atoms with van der Waals surface area (Å²) in [6.45, 7) is 2.83. The maximum atomic E-state index is 12.5. The molecular formula is C20H22N4O2. The monoisotopic (exact) mass is 350 g/mol. The number of hydrogen-bond donors (Lipinski definition) is 0. The number of rotatable bonds is 8. The summed E-state index contributed by atoms with van der Waals surface area (Å²) in [5.41, 5.74) is 2.18. The van der Waals surface area contributed by atoms with Crippen molar-refractivity contribution in [3.63, 3.8) is 0 Å². The van der Waals surface area contributed by atoms with E-state index in [1.165, 1.54) is 0 Å². The molecule has 1 heterocycles. The van der Waals surface area contributed by atoms with Crippen LogP contribution in [0.2, 0.25) is 0 Å². The van der Waals surface area contributed by atoms with Gasteiger partial charge in [-0.2, -0.15) is 0 Å². The number of hydrogen-bond acceptors (Lipinski definition) is 5. The molecule has 0 amide bonds. The van der Waals surface area contributed by atoms with Crippen LogP contribution < -0.4 is 0 Å². The highest BCUT2D eigenvalue weighted by atomic mass is 16.5. The van der Waals surface area contributed by atoms with E-state index < -0.39 is 0 Å². The van der Waals surface area contributed by atoms with Gasteiger partial charge in [-0.05, 0) is 28.0 Å². The Labute approximate surface area is 152 Å². The Hall–Kier alpha value is -3.02. The van der Waals surface area contributed by atoms with Crippen LogP contribution in [0.4, 0.5) is 0 Å². The fraction of sp³-hybridized carbons (Fsp3) is 0.300. The lowest BCUT2D eigenvalue weighted by atomic mass is 9.89. The van der Waals surface area contributed by atoms with Gasteiger partial charge in [0.25, 0.3) is 0 Å². The number of esters is 1. The van der Waals surface area contributed by atoms with Crippen molar-refractivity contribution in [2.75, 3.05) is 0 Å². The molecule has 0 unspecified atom stereocenters. The minimum absolute atomic E-state index is 0.0449. The molecule has 3 aromatic rings. The Morgan fingerprint density at radius 1 is 1.04 bits per heavy atom. The Kier molecular flexibility index (Phi) is 6.09. The molecule has 2 aromatic carbocycles. The molecular weight excluding hydrogens is 328 g/mol. The zero-order valence-electron chi connectivity index (χ0n) is 14.8. The first kappa shape index (κ1) is 17.8. The summed E-state index contributed by atoms with van der Waals surface area (Å²) in [5.74, 6) is 0.251. The molecule has 0 saturated carbocycles. The maximum absolute atomic E-state index is 12.5. The molecule has 0 atom stereocenters. The van der Waals surface area contributed by atoms with Gasteiger partial charge in [-0.25, -0.2) is 4.68 Å². The van der Waals surface area contributed by atoms with Crippen LogP contribution >= 0.6 is 0 Å².